The summed E-state index contributed by atoms with van der Waals surface area (Å²) in [6.07, 6.45) is 2.69. The van der Waals surface area contributed by atoms with Crippen molar-refractivity contribution < 1.29 is 22.1 Å². The van der Waals surface area contributed by atoms with E-state index in [-0.39, 0.29) is 16.5 Å². The van der Waals surface area contributed by atoms with Crippen LogP contribution in [0.15, 0.2) is 82.5 Å². The van der Waals surface area contributed by atoms with E-state index in [2.05, 4.69) is 19.4 Å². The Bertz CT molecular complexity index is 1710. The van der Waals surface area contributed by atoms with Crippen LogP contribution in [-0.2, 0) is 10.0 Å². The molecule has 2 aromatic heterocycles. The second-order valence-electron chi connectivity index (χ2n) is 7.80. The Balaban J connectivity index is 1.64. The fraction of sp³-hybridized carbons (Fsp3) is 0.0400. The molecule has 0 radical (unpaired) electrons. The fourth-order valence-electron chi connectivity index (χ4n) is 3.91. The Morgan fingerprint density at radius 2 is 1.92 bits per heavy atom. The average molecular weight is 525 g/mol. The molecule has 0 fully saturated rings. The number of nitrogens with two attached hydrogens (primary N) is 1. The van der Waals surface area contributed by atoms with E-state index >= 15 is 0 Å². The Morgan fingerprint density at radius 3 is 2.64 bits per heavy atom. The quantitative estimate of drug-likeness (QED) is 0.290. The smallest absolute Gasteiger partial charge is 0.263 e. The van der Waals surface area contributed by atoms with Gasteiger partial charge in [0.25, 0.3) is 10.0 Å². The van der Waals surface area contributed by atoms with E-state index in [1.54, 1.807) is 30.3 Å². The van der Waals surface area contributed by atoms with Crippen LogP contribution in [0.3, 0.4) is 0 Å². The molecule has 0 bridgehead atoms. The van der Waals surface area contributed by atoms with Gasteiger partial charge in [0.1, 0.15) is 17.8 Å². The minimum absolute atomic E-state index is 0.0207. The third-order valence-electron chi connectivity index (χ3n) is 5.55. The van der Waals surface area contributed by atoms with Crippen LogP contribution in [0.4, 0.5) is 15.9 Å². The topological polar surface area (TPSA) is 120 Å². The number of rotatable bonds is 6. The highest BCUT2D eigenvalue weighted by atomic mass is 35.5. The van der Waals surface area contributed by atoms with E-state index in [1.165, 1.54) is 49.9 Å². The fourth-order valence-corrected chi connectivity index (χ4v) is 5.20. The number of sulfonamides is 1. The van der Waals surface area contributed by atoms with Gasteiger partial charge in [0.15, 0.2) is 5.82 Å². The standard InChI is InChI=1S/C25H18ClFN4O4S/c1-34-23-12-18(14-3-2-4-15(27)9-14)20(26)11-19(23)25-17-6-5-16(10-22(17)29-13-21(25)28)36(32,33)31-24-7-8-35-30-24/h2-13H,28H2,1H3,(H,30,31). The summed E-state index contributed by atoms with van der Waals surface area (Å²) < 4.78 is 52.1. The zero-order chi connectivity index (χ0) is 25.4. The molecule has 0 unspecified atom stereocenters. The average Bonchev–Trinajstić information content (AvgIpc) is 3.36. The van der Waals surface area contributed by atoms with Gasteiger partial charge in [-0.05, 0) is 42.0 Å². The van der Waals surface area contributed by atoms with Gasteiger partial charge in [-0.15, -0.1) is 0 Å². The minimum Gasteiger partial charge on any atom is -0.496 e. The zero-order valence-corrected chi connectivity index (χ0v) is 20.3. The Labute approximate surface area is 210 Å². The van der Waals surface area contributed by atoms with Gasteiger partial charge in [0.2, 0.25) is 0 Å². The van der Waals surface area contributed by atoms with E-state index in [4.69, 9.17) is 22.1 Å². The van der Waals surface area contributed by atoms with Gasteiger partial charge in [-0.1, -0.05) is 35.0 Å². The van der Waals surface area contributed by atoms with Crippen LogP contribution in [-0.4, -0.2) is 25.7 Å². The number of nitrogens with zero attached hydrogens (tertiary/aromatic N) is 2. The molecule has 5 rings (SSSR count). The molecule has 0 saturated heterocycles. The summed E-state index contributed by atoms with van der Waals surface area (Å²) in [6, 6.07) is 15.3. The molecule has 3 aromatic carbocycles. The van der Waals surface area contributed by atoms with Crippen LogP contribution in [0.1, 0.15) is 0 Å². The maximum atomic E-state index is 13.8. The van der Waals surface area contributed by atoms with E-state index in [1.807, 2.05) is 0 Å². The summed E-state index contributed by atoms with van der Waals surface area (Å²) in [4.78, 5) is 4.30. The first-order chi connectivity index (χ1) is 17.3. The summed E-state index contributed by atoms with van der Waals surface area (Å²) >= 11 is 6.62. The van der Waals surface area contributed by atoms with Crippen LogP contribution >= 0.6 is 11.6 Å². The van der Waals surface area contributed by atoms with Gasteiger partial charge in [-0.2, -0.15) is 0 Å². The van der Waals surface area contributed by atoms with Crippen molar-refractivity contribution in [1.82, 2.24) is 10.1 Å². The van der Waals surface area contributed by atoms with Crippen LogP contribution in [0.25, 0.3) is 33.2 Å². The first kappa shape index (κ1) is 23.6. The SMILES string of the molecule is COc1cc(-c2cccc(F)c2)c(Cl)cc1-c1c(N)cnc2cc(S(=O)(=O)Nc3ccon3)ccc12. The van der Waals surface area contributed by atoms with Crippen LogP contribution in [0.2, 0.25) is 5.02 Å². The molecule has 0 spiro atoms. The molecular weight excluding hydrogens is 507 g/mol. The lowest BCUT2D eigenvalue weighted by Gasteiger charge is -2.17. The van der Waals surface area contributed by atoms with Crippen molar-refractivity contribution >= 4 is 44.0 Å². The summed E-state index contributed by atoms with van der Waals surface area (Å²) in [7, 11) is -2.44. The highest BCUT2D eigenvalue weighted by Gasteiger charge is 2.21. The van der Waals surface area contributed by atoms with Crippen molar-refractivity contribution in [3.05, 3.63) is 84.0 Å². The third-order valence-corrected chi connectivity index (χ3v) is 7.22. The van der Waals surface area contributed by atoms with Crippen molar-refractivity contribution in [2.75, 3.05) is 17.6 Å². The maximum Gasteiger partial charge on any atom is 0.263 e. The molecule has 11 heteroatoms. The van der Waals surface area contributed by atoms with E-state index in [9.17, 15) is 12.8 Å². The molecule has 0 aliphatic rings. The molecule has 5 aromatic rings. The lowest BCUT2D eigenvalue weighted by atomic mass is 9.95. The summed E-state index contributed by atoms with van der Waals surface area (Å²) in [6.45, 7) is 0. The van der Waals surface area contributed by atoms with Crippen molar-refractivity contribution in [1.29, 1.82) is 0 Å². The molecule has 3 N–H and O–H groups in total. The van der Waals surface area contributed by atoms with E-state index in [0.29, 0.717) is 49.6 Å². The summed E-state index contributed by atoms with van der Waals surface area (Å²) in [5.41, 5.74) is 9.35. The number of pyridine rings is 1. The molecule has 182 valence electrons. The third kappa shape index (κ3) is 4.32. The highest BCUT2D eigenvalue weighted by Crippen LogP contribution is 2.43. The van der Waals surface area contributed by atoms with Crippen LogP contribution in [0.5, 0.6) is 5.75 Å². The molecule has 0 atom stereocenters. The lowest BCUT2D eigenvalue weighted by molar-refractivity contribution is 0.416. The zero-order valence-electron chi connectivity index (χ0n) is 18.7. The molecule has 0 aliphatic heterocycles. The monoisotopic (exact) mass is 524 g/mol. The number of aromatic nitrogens is 2. The molecule has 0 aliphatic carbocycles. The summed E-state index contributed by atoms with van der Waals surface area (Å²) in [5.74, 6) is 0.112. The largest absolute Gasteiger partial charge is 0.496 e. The lowest BCUT2D eigenvalue weighted by Crippen LogP contribution is -2.13. The first-order valence-electron chi connectivity index (χ1n) is 10.5. The first-order valence-corrected chi connectivity index (χ1v) is 12.4. The number of nitrogens with one attached hydrogen (secondary N) is 1. The maximum absolute atomic E-state index is 13.8. The summed E-state index contributed by atoms with van der Waals surface area (Å²) in [5, 5.41) is 4.52. The van der Waals surface area contributed by atoms with Crippen molar-refractivity contribution in [2.45, 2.75) is 4.90 Å². The van der Waals surface area contributed by atoms with Crippen LogP contribution in [0, 0.1) is 5.82 Å². The molecule has 8 nitrogen and oxygen atoms in total. The second-order valence-corrected chi connectivity index (χ2v) is 9.89. The van der Waals surface area contributed by atoms with Crippen molar-refractivity contribution in [3.63, 3.8) is 0 Å². The van der Waals surface area contributed by atoms with Crippen LogP contribution < -0.4 is 15.2 Å². The minimum atomic E-state index is -3.94. The molecule has 0 saturated carbocycles. The Hall–Kier alpha value is -4.15. The number of ether oxygens (including phenoxy) is 1. The molecular formula is C25H18ClFN4O4S. The van der Waals surface area contributed by atoms with Gasteiger partial charge in [-0.25, -0.2) is 12.8 Å². The Kier molecular flexibility index (Phi) is 5.99. The Morgan fingerprint density at radius 1 is 1.08 bits per heavy atom. The molecule has 2 heterocycles. The number of anilines is 2. The van der Waals surface area contributed by atoms with Gasteiger partial charge in [0.05, 0.1) is 29.4 Å². The number of halogens is 2. The van der Waals surface area contributed by atoms with E-state index in [0.717, 1.165) is 0 Å². The number of benzene rings is 3. The van der Waals surface area contributed by atoms with Gasteiger partial charge < -0.3 is 15.0 Å². The van der Waals surface area contributed by atoms with E-state index < -0.39 is 10.0 Å². The number of hydrogen-bond donors (Lipinski definition) is 2. The normalized spacial score (nSPS) is 11.5. The van der Waals surface area contributed by atoms with Gasteiger partial charge in [-0.3, -0.25) is 9.71 Å². The number of nitrogen functional groups attached to an aromatic ring is 1. The van der Waals surface area contributed by atoms with Gasteiger partial charge >= 0.3 is 0 Å². The number of fused-ring (bicyclic) bond motifs is 1. The molecule has 36 heavy (non-hydrogen) atoms. The van der Waals surface area contributed by atoms with Crippen molar-refractivity contribution in [2.24, 2.45) is 0 Å². The molecule has 0 amide bonds. The second kappa shape index (κ2) is 9.14. The number of hydrogen-bond acceptors (Lipinski definition) is 7. The predicted octanol–water partition coefficient (Wildman–Crippen LogP) is 5.74. The highest BCUT2D eigenvalue weighted by molar-refractivity contribution is 7.92. The predicted molar refractivity (Wildman–Crippen MR) is 136 cm³/mol. The van der Waals surface area contributed by atoms with Crippen molar-refractivity contribution in [3.8, 4) is 28.0 Å². The van der Waals surface area contributed by atoms with Gasteiger partial charge in [0, 0.05) is 33.2 Å². The number of methoxy groups -OCH3 is 1.